The zero-order valence-corrected chi connectivity index (χ0v) is 10.1. The Morgan fingerprint density at radius 2 is 2.06 bits per heavy atom. The Kier molecular flexibility index (Phi) is 2.84. The number of aromatic nitrogens is 2. The lowest BCUT2D eigenvalue weighted by Crippen LogP contribution is -2.28. The summed E-state index contributed by atoms with van der Waals surface area (Å²) in [5.41, 5.74) is 0. The van der Waals surface area contributed by atoms with E-state index in [1.54, 1.807) is 19.5 Å². The molecular formula is C12H18N4O. The Bertz CT molecular complexity index is 377. The Balaban J connectivity index is 1.55. The highest BCUT2D eigenvalue weighted by atomic mass is 16.5. The van der Waals surface area contributed by atoms with Crippen molar-refractivity contribution in [3.8, 4) is 5.75 Å². The van der Waals surface area contributed by atoms with E-state index in [1.807, 2.05) is 0 Å². The monoisotopic (exact) mass is 234 g/mol. The Hall–Kier alpha value is -1.36. The van der Waals surface area contributed by atoms with Gasteiger partial charge in [0.05, 0.1) is 19.5 Å². The second-order valence-corrected chi connectivity index (χ2v) is 4.80. The van der Waals surface area contributed by atoms with Crippen molar-refractivity contribution >= 4 is 5.95 Å². The molecule has 92 valence electrons. The molecule has 5 heteroatoms. The van der Waals surface area contributed by atoms with Crippen LogP contribution in [0.5, 0.6) is 5.75 Å². The first-order valence-electron chi connectivity index (χ1n) is 6.22. The Labute approximate surface area is 101 Å². The van der Waals surface area contributed by atoms with Crippen molar-refractivity contribution in [1.82, 2.24) is 14.9 Å². The van der Waals surface area contributed by atoms with Crippen LogP contribution in [0.25, 0.3) is 0 Å². The van der Waals surface area contributed by atoms with Gasteiger partial charge in [-0.2, -0.15) is 0 Å². The third-order valence-corrected chi connectivity index (χ3v) is 3.48. The molecule has 2 fully saturated rings. The summed E-state index contributed by atoms with van der Waals surface area (Å²) in [6, 6.07) is 1.35. The molecule has 0 bridgehead atoms. The molecule has 0 radical (unpaired) electrons. The fourth-order valence-corrected chi connectivity index (χ4v) is 2.36. The zero-order valence-electron chi connectivity index (χ0n) is 10.1. The van der Waals surface area contributed by atoms with E-state index in [9.17, 15) is 0 Å². The van der Waals surface area contributed by atoms with Gasteiger partial charge in [-0.1, -0.05) is 0 Å². The molecule has 1 aliphatic carbocycles. The number of hydrogen-bond donors (Lipinski definition) is 1. The summed E-state index contributed by atoms with van der Waals surface area (Å²) < 4.78 is 5.03. The third kappa shape index (κ3) is 2.49. The largest absolute Gasteiger partial charge is 0.494 e. The second-order valence-electron chi connectivity index (χ2n) is 4.80. The standard InChI is InChI=1S/C12H18N4O/c1-17-11-6-13-12(14-7-11)15-9-4-5-16(8-9)10-2-3-10/h6-7,9-10H,2-5,8H2,1H3,(H,13,14,15). The first-order chi connectivity index (χ1) is 8.35. The van der Waals surface area contributed by atoms with Crippen molar-refractivity contribution in [3.05, 3.63) is 12.4 Å². The van der Waals surface area contributed by atoms with Crippen molar-refractivity contribution < 1.29 is 4.74 Å². The van der Waals surface area contributed by atoms with Crippen molar-refractivity contribution in [2.24, 2.45) is 0 Å². The van der Waals surface area contributed by atoms with E-state index in [4.69, 9.17) is 4.74 Å². The number of hydrogen-bond acceptors (Lipinski definition) is 5. The van der Waals surface area contributed by atoms with E-state index >= 15 is 0 Å². The molecule has 3 rings (SSSR count). The molecular weight excluding hydrogens is 216 g/mol. The topological polar surface area (TPSA) is 50.3 Å². The maximum Gasteiger partial charge on any atom is 0.223 e. The van der Waals surface area contributed by atoms with Crippen LogP contribution in [0.1, 0.15) is 19.3 Å². The van der Waals surface area contributed by atoms with Gasteiger partial charge in [0.2, 0.25) is 5.95 Å². The van der Waals surface area contributed by atoms with E-state index < -0.39 is 0 Å². The van der Waals surface area contributed by atoms with Gasteiger partial charge in [-0.3, -0.25) is 4.90 Å². The predicted molar refractivity (Wildman–Crippen MR) is 65.2 cm³/mol. The van der Waals surface area contributed by atoms with E-state index in [0.29, 0.717) is 17.7 Å². The minimum Gasteiger partial charge on any atom is -0.494 e. The highest BCUT2D eigenvalue weighted by molar-refractivity contribution is 5.29. The normalized spacial score (nSPS) is 24.9. The molecule has 0 amide bonds. The number of anilines is 1. The van der Waals surface area contributed by atoms with Crippen LogP contribution >= 0.6 is 0 Å². The van der Waals surface area contributed by atoms with Crippen molar-refractivity contribution in [2.75, 3.05) is 25.5 Å². The van der Waals surface area contributed by atoms with E-state index in [-0.39, 0.29) is 0 Å². The number of methoxy groups -OCH3 is 1. The number of likely N-dealkylation sites (tertiary alicyclic amines) is 1. The second kappa shape index (κ2) is 4.49. The average molecular weight is 234 g/mol. The van der Waals surface area contributed by atoms with Crippen molar-refractivity contribution in [2.45, 2.75) is 31.3 Å². The smallest absolute Gasteiger partial charge is 0.223 e. The summed E-state index contributed by atoms with van der Waals surface area (Å²) in [4.78, 5) is 11.0. The van der Waals surface area contributed by atoms with Crippen LogP contribution in [0, 0.1) is 0 Å². The lowest BCUT2D eigenvalue weighted by atomic mass is 10.3. The summed E-state index contributed by atoms with van der Waals surface area (Å²) in [7, 11) is 1.62. The molecule has 0 aromatic carbocycles. The number of nitrogens with one attached hydrogen (secondary N) is 1. The summed E-state index contributed by atoms with van der Waals surface area (Å²) in [5.74, 6) is 1.40. The molecule has 1 aromatic rings. The average Bonchev–Trinajstić information content (AvgIpc) is 3.12. The van der Waals surface area contributed by atoms with Gasteiger partial charge in [0, 0.05) is 25.2 Å². The van der Waals surface area contributed by atoms with Crippen LogP contribution in [-0.4, -0.2) is 47.2 Å². The van der Waals surface area contributed by atoms with E-state index in [1.165, 1.54) is 25.8 Å². The predicted octanol–water partition coefficient (Wildman–Crippen LogP) is 1.13. The summed E-state index contributed by atoms with van der Waals surface area (Å²) in [6.45, 7) is 2.33. The van der Waals surface area contributed by atoms with Gasteiger partial charge < -0.3 is 10.1 Å². The Morgan fingerprint density at radius 3 is 2.71 bits per heavy atom. The van der Waals surface area contributed by atoms with Crippen LogP contribution in [0.3, 0.4) is 0 Å². The maximum absolute atomic E-state index is 5.03. The van der Waals surface area contributed by atoms with Gasteiger partial charge in [0.15, 0.2) is 5.75 Å². The van der Waals surface area contributed by atoms with Gasteiger partial charge in [-0.25, -0.2) is 9.97 Å². The fraction of sp³-hybridized carbons (Fsp3) is 0.667. The van der Waals surface area contributed by atoms with Crippen LogP contribution in [0.15, 0.2) is 12.4 Å². The van der Waals surface area contributed by atoms with Crippen LogP contribution in [-0.2, 0) is 0 Å². The molecule has 1 aliphatic heterocycles. The van der Waals surface area contributed by atoms with Gasteiger partial charge in [-0.15, -0.1) is 0 Å². The number of ether oxygens (including phenoxy) is 1. The van der Waals surface area contributed by atoms with Gasteiger partial charge in [0.25, 0.3) is 0 Å². The highest BCUT2D eigenvalue weighted by Gasteiger charge is 2.34. The molecule has 17 heavy (non-hydrogen) atoms. The summed E-state index contributed by atoms with van der Waals surface area (Å²) in [6.07, 6.45) is 7.34. The number of rotatable bonds is 4. The SMILES string of the molecule is COc1cnc(NC2CCN(C3CC3)C2)nc1. The first kappa shape index (κ1) is 10.8. The number of nitrogens with zero attached hydrogens (tertiary/aromatic N) is 3. The molecule has 1 unspecified atom stereocenters. The Morgan fingerprint density at radius 1 is 1.29 bits per heavy atom. The van der Waals surface area contributed by atoms with Crippen LogP contribution in [0.4, 0.5) is 5.95 Å². The van der Waals surface area contributed by atoms with Gasteiger partial charge >= 0.3 is 0 Å². The molecule has 1 N–H and O–H groups in total. The fourth-order valence-electron chi connectivity index (χ4n) is 2.36. The zero-order chi connectivity index (χ0) is 11.7. The highest BCUT2D eigenvalue weighted by Crippen LogP contribution is 2.30. The molecule has 1 saturated carbocycles. The van der Waals surface area contributed by atoms with Gasteiger partial charge in [-0.05, 0) is 19.3 Å². The molecule has 1 aromatic heterocycles. The lowest BCUT2D eigenvalue weighted by Gasteiger charge is -2.15. The maximum atomic E-state index is 5.03. The quantitative estimate of drug-likeness (QED) is 0.846. The van der Waals surface area contributed by atoms with Crippen molar-refractivity contribution in [3.63, 3.8) is 0 Å². The van der Waals surface area contributed by atoms with E-state index in [2.05, 4.69) is 20.2 Å². The lowest BCUT2D eigenvalue weighted by molar-refractivity contribution is 0.326. The molecule has 1 atom stereocenters. The molecule has 2 heterocycles. The van der Waals surface area contributed by atoms with E-state index in [0.717, 1.165) is 12.6 Å². The molecule has 2 aliphatic rings. The summed E-state index contributed by atoms with van der Waals surface area (Å²) in [5, 5.41) is 3.39. The third-order valence-electron chi connectivity index (χ3n) is 3.48. The van der Waals surface area contributed by atoms with Crippen LogP contribution < -0.4 is 10.1 Å². The first-order valence-corrected chi connectivity index (χ1v) is 6.22. The summed E-state index contributed by atoms with van der Waals surface area (Å²) >= 11 is 0. The van der Waals surface area contributed by atoms with Gasteiger partial charge in [0.1, 0.15) is 0 Å². The minimum absolute atomic E-state index is 0.490. The molecule has 0 spiro atoms. The van der Waals surface area contributed by atoms with Crippen LogP contribution in [0.2, 0.25) is 0 Å². The molecule has 1 saturated heterocycles. The minimum atomic E-state index is 0.490. The molecule has 5 nitrogen and oxygen atoms in total. The van der Waals surface area contributed by atoms with Crippen molar-refractivity contribution in [1.29, 1.82) is 0 Å².